The van der Waals surface area contributed by atoms with Gasteiger partial charge in [-0.15, -0.1) is 0 Å². The quantitative estimate of drug-likeness (QED) is 0.492. The fourth-order valence-corrected chi connectivity index (χ4v) is 3.17. The molecule has 0 spiro atoms. The Balaban J connectivity index is 1.56. The molecule has 2 aromatic heterocycles. The van der Waals surface area contributed by atoms with Crippen molar-refractivity contribution in [2.45, 2.75) is 19.4 Å². The van der Waals surface area contributed by atoms with Gasteiger partial charge in [-0.05, 0) is 31.0 Å². The summed E-state index contributed by atoms with van der Waals surface area (Å²) in [6, 6.07) is 16.5. The second-order valence-electron chi connectivity index (χ2n) is 6.64. The minimum atomic E-state index is 0.0931. The average molecular weight is 358 g/mol. The van der Waals surface area contributed by atoms with Crippen molar-refractivity contribution >= 4 is 16.7 Å². The first kappa shape index (κ1) is 17.2. The minimum absolute atomic E-state index is 0.0931. The number of hydrogen-bond acceptors (Lipinski definition) is 5. The van der Waals surface area contributed by atoms with Gasteiger partial charge in [-0.2, -0.15) is 5.10 Å². The van der Waals surface area contributed by atoms with Gasteiger partial charge < -0.3 is 11.1 Å². The van der Waals surface area contributed by atoms with E-state index in [-0.39, 0.29) is 6.04 Å². The maximum atomic E-state index is 5.96. The van der Waals surface area contributed by atoms with Gasteiger partial charge in [-0.25, -0.2) is 4.98 Å². The number of nitrogens with two attached hydrogens (primary N) is 1. The van der Waals surface area contributed by atoms with Crippen molar-refractivity contribution in [3.63, 3.8) is 0 Å². The van der Waals surface area contributed by atoms with E-state index in [0.29, 0.717) is 6.54 Å². The van der Waals surface area contributed by atoms with Crippen molar-refractivity contribution in [3.05, 3.63) is 72.2 Å². The van der Waals surface area contributed by atoms with Gasteiger partial charge in [0.2, 0.25) is 0 Å². The topological polar surface area (TPSA) is 92.5 Å². The number of anilines is 1. The van der Waals surface area contributed by atoms with E-state index in [0.717, 1.165) is 40.1 Å². The highest BCUT2D eigenvalue weighted by molar-refractivity contribution is 5.85. The zero-order valence-electron chi connectivity index (χ0n) is 15.2. The lowest BCUT2D eigenvalue weighted by Gasteiger charge is -2.17. The molecule has 4 N–H and O–H groups in total. The molecule has 0 unspecified atom stereocenters. The summed E-state index contributed by atoms with van der Waals surface area (Å²) in [6.45, 7) is 2.53. The fourth-order valence-electron chi connectivity index (χ4n) is 3.17. The lowest BCUT2D eigenvalue weighted by atomic mass is 10.1. The molecule has 4 rings (SSSR count). The maximum Gasteiger partial charge on any atom is 0.145 e. The molecular weight excluding hydrogens is 336 g/mol. The molecule has 0 saturated heterocycles. The molecule has 0 aliphatic carbocycles. The van der Waals surface area contributed by atoms with Crippen LogP contribution < -0.4 is 11.1 Å². The third-order valence-corrected chi connectivity index (χ3v) is 4.64. The molecule has 4 aromatic rings. The first-order valence-electron chi connectivity index (χ1n) is 9.00. The number of H-pyrrole nitrogens is 1. The summed E-state index contributed by atoms with van der Waals surface area (Å²) >= 11 is 0. The van der Waals surface area contributed by atoms with Crippen molar-refractivity contribution in [3.8, 4) is 11.3 Å². The summed E-state index contributed by atoms with van der Waals surface area (Å²) < 4.78 is 0. The monoisotopic (exact) mass is 358 g/mol. The number of aromatic amines is 1. The number of fused-ring (bicyclic) bond motifs is 1. The molecule has 0 bridgehead atoms. The van der Waals surface area contributed by atoms with Crippen molar-refractivity contribution in [2.75, 3.05) is 11.9 Å². The van der Waals surface area contributed by atoms with Crippen LogP contribution >= 0.6 is 0 Å². The lowest BCUT2D eigenvalue weighted by Crippen LogP contribution is -2.31. The molecule has 2 heterocycles. The van der Waals surface area contributed by atoms with Gasteiger partial charge in [0.15, 0.2) is 0 Å². The Kier molecular flexibility index (Phi) is 4.80. The van der Waals surface area contributed by atoms with Gasteiger partial charge in [0.05, 0.1) is 23.6 Å². The molecule has 2 aromatic carbocycles. The fraction of sp³-hybridized carbons (Fsp3) is 0.190. The van der Waals surface area contributed by atoms with E-state index in [1.807, 2.05) is 37.3 Å². The molecule has 136 valence electrons. The van der Waals surface area contributed by atoms with Crippen molar-refractivity contribution in [1.82, 2.24) is 20.2 Å². The summed E-state index contributed by atoms with van der Waals surface area (Å²) in [5, 5.41) is 11.8. The predicted molar refractivity (Wildman–Crippen MR) is 108 cm³/mol. The molecule has 0 aliphatic heterocycles. The van der Waals surface area contributed by atoms with Crippen LogP contribution in [0.4, 0.5) is 5.82 Å². The summed E-state index contributed by atoms with van der Waals surface area (Å²) in [4.78, 5) is 9.09. The summed E-state index contributed by atoms with van der Waals surface area (Å²) in [7, 11) is 0. The normalized spacial score (nSPS) is 12.2. The van der Waals surface area contributed by atoms with Crippen LogP contribution in [0.1, 0.15) is 11.3 Å². The lowest BCUT2D eigenvalue weighted by molar-refractivity contribution is 0.719. The highest BCUT2D eigenvalue weighted by Crippen LogP contribution is 2.24. The number of nitrogens with one attached hydrogen (secondary N) is 2. The van der Waals surface area contributed by atoms with E-state index < -0.39 is 0 Å². The Hall–Kier alpha value is -3.25. The zero-order valence-corrected chi connectivity index (χ0v) is 15.2. The summed E-state index contributed by atoms with van der Waals surface area (Å²) in [6.07, 6.45) is 4.35. The second-order valence-corrected chi connectivity index (χ2v) is 6.64. The minimum Gasteiger partial charge on any atom is -0.364 e. The number of aromatic nitrogens is 4. The number of aryl methyl sites for hydroxylation is 1. The largest absolute Gasteiger partial charge is 0.364 e. The highest BCUT2D eigenvalue weighted by atomic mass is 15.1. The van der Waals surface area contributed by atoms with Gasteiger partial charge in [0.1, 0.15) is 5.82 Å². The van der Waals surface area contributed by atoms with E-state index in [2.05, 4.69) is 38.7 Å². The molecule has 0 aliphatic rings. The zero-order chi connectivity index (χ0) is 18.6. The number of rotatable bonds is 6. The van der Waals surface area contributed by atoms with Gasteiger partial charge in [-0.1, -0.05) is 36.4 Å². The van der Waals surface area contributed by atoms with Crippen LogP contribution in [0, 0.1) is 6.92 Å². The Bertz CT molecular complexity index is 1040. The van der Waals surface area contributed by atoms with Crippen molar-refractivity contribution < 1.29 is 0 Å². The molecular formula is C21H22N6. The molecule has 0 amide bonds. The van der Waals surface area contributed by atoms with Crippen molar-refractivity contribution in [1.29, 1.82) is 0 Å². The van der Waals surface area contributed by atoms with Gasteiger partial charge >= 0.3 is 0 Å². The van der Waals surface area contributed by atoms with E-state index >= 15 is 0 Å². The van der Waals surface area contributed by atoms with Gasteiger partial charge in [0.25, 0.3) is 0 Å². The standard InChI is InChI=1S/C21H22N6/c1-14-18-10-16(7-8-19(18)27-26-14)20-12-23-13-21(25-20)24-17(11-22)9-15-5-3-2-4-6-15/h2-8,10,12-13,17H,9,11,22H2,1H3,(H,24,25)(H,26,27)/t17-/m0/s1. The van der Waals surface area contributed by atoms with Crippen LogP contribution in [0.25, 0.3) is 22.2 Å². The first-order chi connectivity index (χ1) is 13.2. The Morgan fingerprint density at radius 2 is 1.96 bits per heavy atom. The maximum absolute atomic E-state index is 5.96. The van der Waals surface area contributed by atoms with E-state index in [4.69, 9.17) is 10.7 Å². The van der Waals surface area contributed by atoms with E-state index in [1.54, 1.807) is 12.4 Å². The summed E-state index contributed by atoms with van der Waals surface area (Å²) in [5.74, 6) is 0.725. The highest BCUT2D eigenvalue weighted by Gasteiger charge is 2.11. The smallest absolute Gasteiger partial charge is 0.145 e. The Labute approximate surface area is 157 Å². The van der Waals surface area contributed by atoms with E-state index in [1.165, 1.54) is 5.56 Å². The van der Waals surface area contributed by atoms with E-state index in [9.17, 15) is 0 Å². The second kappa shape index (κ2) is 7.55. The van der Waals surface area contributed by atoms with Crippen LogP contribution in [-0.4, -0.2) is 32.8 Å². The molecule has 0 radical (unpaired) electrons. The summed E-state index contributed by atoms with van der Waals surface area (Å²) in [5.41, 5.74) is 11.0. The number of hydrogen-bond donors (Lipinski definition) is 3. The molecule has 0 saturated carbocycles. The van der Waals surface area contributed by atoms with Crippen LogP contribution in [0.3, 0.4) is 0 Å². The Morgan fingerprint density at radius 1 is 1.11 bits per heavy atom. The van der Waals surface area contributed by atoms with Crippen molar-refractivity contribution in [2.24, 2.45) is 5.73 Å². The van der Waals surface area contributed by atoms with Crippen LogP contribution in [0.5, 0.6) is 0 Å². The number of nitrogens with zero attached hydrogens (tertiary/aromatic N) is 3. The number of benzene rings is 2. The molecule has 6 heteroatoms. The molecule has 0 fully saturated rings. The van der Waals surface area contributed by atoms with Crippen LogP contribution in [0.15, 0.2) is 60.9 Å². The Morgan fingerprint density at radius 3 is 2.78 bits per heavy atom. The third kappa shape index (κ3) is 3.80. The molecule has 27 heavy (non-hydrogen) atoms. The van der Waals surface area contributed by atoms with Crippen LogP contribution in [-0.2, 0) is 6.42 Å². The van der Waals surface area contributed by atoms with Gasteiger partial charge in [-0.3, -0.25) is 10.1 Å². The predicted octanol–water partition coefficient (Wildman–Crippen LogP) is 3.31. The van der Waals surface area contributed by atoms with Crippen LogP contribution in [0.2, 0.25) is 0 Å². The molecule has 6 nitrogen and oxygen atoms in total. The van der Waals surface area contributed by atoms with Gasteiger partial charge in [0, 0.05) is 29.2 Å². The first-order valence-corrected chi connectivity index (χ1v) is 9.00. The third-order valence-electron chi connectivity index (χ3n) is 4.64. The molecule has 1 atom stereocenters. The average Bonchev–Trinajstić information content (AvgIpc) is 3.09. The SMILES string of the molecule is Cc1[nH]nc2ccc(-c3cncc(N[C@H](CN)Cc4ccccc4)n3)cc12.